The van der Waals surface area contributed by atoms with Crippen molar-refractivity contribution < 1.29 is 0 Å². The predicted molar refractivity (Wildman–Crippen MR) is 127 cm³/mol. The third-order valence-corrected chi connectivity index (χ3v) is 5.58. The van der Waals surface area contributed by atoms with Crippen LogP contribution in [0.15, 0.2) is 91.0 Å². The highest BCUT2D eigenvalue weighted by molar-refractivity contribution is 6.03. The van der Waals surface area contributed by atoms with Crippen molar-refractivity contribution in [3.05, 3.63) is 96.7 Å². The van der Waals surface area contributed by atoms with Gasteiger partial charge in [0.05, 0.1) is 16.7 Å². The fourth-order valence-corrected chi connectivity index (χ4v) is 3.81. The lowest BCUT2D eigenvalue weighted by molar-refractivity contribution is 0.571. The van der Waals surface area contributed by atoms with Crippen molar-refractivity contribution in [1.82, 2.24) is 9.97 Å². The molecule has 0 aliphatic rings. The highest BCUT2D eigenvalue weighted by atomic mass is 14.8. The number of nitrogens with zero attached hydrogens (tertiary/aromatic N) is 2. The first-order chi connectivity index (χ1) is 14.5. The molecule has 30 heavy (non-hydrogen) atoms. The monoisotopic (exact) mass is 388 g/mol. The molecule has 0 fully saturated rings. The Morgan fingerprint density at radius 3 is 1.70 bits per heavy atom. The lowest BCUT2D eigenvalue weighted by Crippen LogP contribution is -2.13. The number of rotatable bonds is 2. The van der Waals surface area contributed by atoms with Crippen molar-refractivity contribution in [2.75, 3.05) is 0 Å². The van der Waals surface area contributed by atoms with E-state index in [0.29, 0.717) is 0 Å². The van der Waals surface area contributed by atoms with Gasteiger partial charge in [-0.1, -0.05) is 99.6 Å². The zero-order valence-corrected chi connectivity index (χ0v) is 17.6. The molecule has 0 aliphatic heterocycles. The topological polar surface area (TPSA) is 25.8 Å². The minimum absolute atomic E-state index is 0.00122. The molecule has 0 saturated carbocycles. The van der Waals surface area contributed by atoms with Gasteiger partial charge in [0.2, 0.25) is 0 Å². The van der Waals surface area contributed by atoms with E-state index in [9.17, 15) is 0 Å². The molecule has 0 atom stereocenters. The van der Waals surface area contributed by atoms with Crippen molar-refractivity contribution in [2.45, 2.75) is 26.2 Å². The fourth-order valence-electron chi connectivity index (χ4n) is 3.81. The van der Waals surface area contributed by atoms with Crippen molar-refractivity contribution >= 4 is 21.8 Å². The second-order valence-corrected chi connectivity index (χ2v) is 8.80. The first-order valence-electron chi connectivity index (χ1n) is 10.4. The van der Waals surface area contributed by atoms with E-state index < -0.39 is 0 Å². The highest BCUT2D eigenvalue weighted by Crippen LogP contribution is 2.30. The predicted octanol–water partition coefficient (Wildman–Crippen LogP) is 7.41. The number of pyridine rings is 2. The summed E-state index contributed by atoms with van der Waals surface area (Å²) in [5.41, 5.74) is 7.54. The Morgan fingerprint density at radius 2 is 1.03 bits per heavy atom. The first-order valence-corrected chi connectivity index (χ1v) is 10.4. The molecule has 2 aromatic heterocycles. The molecule has 0 aliphatic carbocycles. The van der Waals surface area contributed by atoms with E-state index >= 15 is 0 Å². The van der Waals surface area contributed by atoms with Crippen LogP contribution in [0.25, 0.3) is 44.2 Å². The van der Waals surface area contributed by atoms with Crippen LogP contribution in [-0.4, -0.2) is 9.97 Å². The van der Waals surface area contributed by atoms with Gasteiger partial charge >= 0.3 is 0 Å². The summed E-state index contributed by atoms with van der Waals surface area (Å²) in [6.45, 7) is 6.58. The Labute approximate surface area is 177 Å². The summed E-state index contributed by atoms with van der Waals surface area (Å²) in [4.78, 5) is 10.0. The molecule has 0 radical (unpaired) electrons. The van der Waals surface area contributed by atoms with Gasteiger partial charge in [0.25, 0.3) is 0 Å². The molecule has 0 saturated heterocycles. The van der Waals surface area contributed by atoms with Crippen molar-refractivity contribution in [2.24, 2.45) is 0 Å². The van der Waals surface area contributed by atoms with Crippen LogP contribution >= 0.6 is 0 Å². The van der Waals surface area contributed by atoms with Gasteiger partial charge in [0.1, 0.15) is 0 Å². The first kappa shape index (κ1) is 18.5. The Bertz CT molecular complexity index is 1350. The smallest absolute Gasteiger partial charge is 0.0972 e. The van der Waals surface area contributed by atoms with E-state index in [1.54, 1.807) is 0 Å². The lowest BCUT2D eigenvalue weighted by Gasteiger charge is -2.18. The van der Waals surface area contributed by atoms with Crippen LogP contribution in [-0.2, 0) is 5.41 Å². The molecule has 2 heteroatoms. The summed E-state index contributed by atoms with van der Waals surface area (Å²) in [6.07, 6.45) is 0. The SMILES string of the molecule is CC(C)(C)c1ccc2ccc3ccc(-c4ccc(-c5ccccc5)cc4)nc3c2n1. The second-order valence-electron chi connectivity index (χ2n) is 8.80. The maximum absolute atomic E-state index is 5.04. The Hall–Kier alpha value is -3.52. The van der Waals surface area contributed by atoms with Crippen LogP contribution in [0.3, 0.4) is 0 Å². The van der Waals surface area contributed by atoms with E-state index in [0.717, 1.165) is 38.8 Å². The molecule has 0 amide bonds. The minimum atomic E-state index is 0.00122. The van der Waals surface area contributed by atoms with Gasteiger partial charge in [-0.2, -0.15) is 0 Å². The van der Waals surface area contributed by atoms with Gasteiger partial charge in [-0.05, 0) is 23.3 Å². The zero-order chi connectivity index (χ0) is 20.7. The van der Waals surface area contributed by atoms with Crippen molar-refractivity contribution in [3.8, 4) is 22.4 Å². The van der Waals surface area contributed by atoms with E-state index in [-0.39, 0.29) is 5.41 Å². The largest absolute Gasteiger partial charge is 0.250 e. The van der Waals surface area contributed by atoms with Crippen LogP contribution in [0, 0.1) is 0 Å². The molecule has 0 unspecified atom stereocenters. The third kappa shape index (κ3) is 3.35. The molecular formula is C28H24N2. The van der Waals surface area contributed by atoms with Crippen LogP contribution in [0.4, 0.5) is 0 Å². The zero-order valence-electron chi connectivity index (χ0n) is 17.6. The van der Waals surface area contributed by atoms with Crippen LogP contribution < -0.4 is 0 Å². The molecule has 5 aromatic rings. The molecular weight excluding hydrogens is 364 g/mol. The second kappa shape index (κ2) is 7.07. The quantitative estimate of drug-likeness (QED) is 0.294. The normalized spacial score (nSPS) is 11.8. The number of fused-ring (bicyclic) bond motifs is 3. The summed E-state index contributed by atoms with van der Waals surface area (Å²) >= 11 is 0. The molecule has 0 bridgehead atoms. The number of benzene rings is 3. The van der Waals surface area contributed by atoms with Gasteiger partial charge < -0.3 is 0 Å². The Kier molecular flexibility index (Phi) is 4.36. The van der Waals surface area contributed by atoms with E-state index in [2.05, 4.69) is 106 Å². The molecule has 3 aromatic carbocycles. The van der Waals surface area contributed by atoms with Crippen LogP contribution in [0.5, 0.6) is 0 Å². The summed E-state index contributed by atoms with van der Waals surface area (Å²) in [5.74, 6) is 0. The Balaban J connectivity index is 1.62. The standard InChI is InChI=1S/C28H24N2/c1-28(2,3)25-18-16-23-14-13-22-15-17-24(29-26(22)27(23)30-25)21-11-9-20(10-12-21)19-7-5-4-6-8-19/h4-18H,1-3H3. The Morgan fingerprint density at radius 1 is 0.500 bits per heavy atom. The number of hydrogen-bond acceptors (Lipinski definition) is 2. The summed E-state index contributed by atoms with van der Waals surface area (Å²) in [7, 11) is 0. The summed E-state index contributed by atoms with van der Waals surface area (Å²) < 4.78 is 0. The van der Waals surface area contributed by atoms with Crippen LogP contribution in [0.1, 0.15) is 26.5 Å². The maximum Gasteiger partial charge on any atom is 0.0972 e. The minimum Gasteiger partial charge on any atom is -0.250 e. The lowest BCUT2D eigenvalue weighted by atomic mass is 9.91. The van der Waals surface area contributed by atoms with Crippen LogP contribution in [0.2, 0.25) is 0 Å². The molecule has 0 N–H and O–H groups in total. The van der Waals surface area contributed by atoms with Crippen molar-refractivity contribution in [1.29, 1.82) is 0 Å². The van der Waals surface area contributed by atoms with Gasteiger partial charge in [0, 0.05) is 27.4 Å². The molecule has 2 nitrogen and oxygen atoms in total. The van der Waals surface area contributed by atoms with Gasteiger partial charge in [0.15, 0.2) is 0 Å². The third-order valence-electron chi connectivity index (χ3n) is 5.58. The van der Waals surface area contributed by atoms with E-state index in [1.807, 2.05) is 6.07 Å². The van der Waals surface area contributed by atoms with Gasteiger partial charge in [-0.3, -0.25) is 0 Å². The number of hydrogen-bond donors (Lipinski definition) is 0. The average Bonchev–Trinajstić information content (AvgIpc) is 2.78. The molecule has 0 spiro atoms. The summed E-state index contributed by atoms with van der Waals surface area (Å²) in [5, 5.41) is 2.24. The maximum atomic E-state index is 5.04. The molecule has 2 heterocycles. The van der Waals surface area contributed by atoms with Gasteiger partial charge in [-0.15, -0.1) is 0 Å². The average molecular weight is 389 g/mol. The molecule has 146 valence electrons. The van der Waals surface area contributed by atoms with Crippen molar-refractivity contribution in [3.63, 3.8) is 0 Å². The van der Waals surface area contributed by atoms with Gasteiger partial charge in [-0.25, -0.2) is 9.97 Å². The fraction of sp³-hybridized carbons (Fsp3) is 0.143. The van der Waals surface area contributed by atoms with E-state index in [4.69, 9.17) is 9.97 Å². The van der Waals surface area contributed by atoms with E-state index in [1.165, 1.54) is 11.1 Å². The highest BCUT2D eigenvalue weighted by Gasteiger charge is 2.16. The molecule has 5 rings (SSSR count). The summed E-state index contributed by atoms with van der Waals surface area (Å²) in [6, 6.07) is 31.9. The number of aromatic nitrogens is 2.